The van der Waals surface area contributed by atoms with E-state index >= 15 is 0 Å². The van der Waals surface area contributed by atoms with Gasteiger partial charge in [-0.2, -0.15) is 0 Å². The van der Waals surface area contributed by atoms with Crippen LogP contribution >= 0.6 is 0 Å². The Labute approximate surface area is 167 Å². The number of benzene rings is 2. The predicted molar refractivity (Wildman–Crippen MR) is 114 cm³/mol. The molecule has 3 rings (SSSR count). The van der Waals surface area contributed by atoms with E-state index in [4.69, 9.17) is 0 Å². The zero-order valence-electron chi connectivity index (χ0n) is 16.3. The Kier molecular flexibility index (Phi) is 6.24. The van der Waals surface area contributed by atoms with E-state index in [1.165, 1.54) is 18.5 Å². The van der Waals surface area contributed by atoms with Crippen LogP contribution < -0.4 is 14.9 Å². The lowest BCUT2D eigenvalue weighted by Gasteiger charge is -2.32. The highest BCUT2D eigenvalue weighted by molar-refractivity contribution is 7.92. The molecule has 0 spiro atoms. The Bertz CT molecular complexity index is 918. The largest absolute Gasteiger partial charge is 0.372 e. The molecule has 1 aliphatic heterocycles. The summed E-state index contributed by atoms with van der Waals surface area (Å²) in [5.41, 5.74) is 2.96. The van der Waals surface area contributed by atoms with Gasteiger partial charge in [0, 0.05) is 24.5 Å². The van der Waals surface area contributed by atoms with E-state index in [1.807, 2.05) is 24.3 Å². The van der Waals surface area contributed by atoms with Crippen molar-refractivity contribution in [3.05, 3.63) is 54.1 Å². The lowest BCUT2D eigenvalue weighted by atomic mass is 9.99. The second-order valence-electron chi connectivity index (χ2n) is 7.47. The van der Waals surface area contributed by atoms with Gasteiger partial charge in [0.1, 0.15) is 0 Å². The summed E-state index contributed by atoms with van der Waals surface area (Å²) in [5, 5.41) is 2.88. The Morgan fingerprint density at radius 2 is 1.71 bits per heavy atom. The summed E-state index contributed by atoms with van der Waals surface area (Å²) >= 11 is 0. The quantitative estimate of drug-likeness (QED) is 0.777. The van der Waals surface area contributed by atoms with Gasteiger partial charge in [0.05, 0.1) is 18.4 Å². The zero-order valence-corrected chi connectivity index (χ0v) is 17.1. The maximum Gasteiger partial charge on any atom is 0.229 e. The minimum atomic E-state index is -3.40. The van der Waals surface area contributed by atoms with Gasteiger partial charge < -0.3 is 10.2 Å². The van der Waals surface area contributed by atoms with Gasteiger partial charge in [-0.3, -0.25) is 9.52 Å². The van der Waals surface area contributed by atoms with Crippen LogP contribution in [0.25, 0.3) is 0 Å². The van der Waals surface area contributed by atoms with Crippen LogP contribution in [0.1, 0.15) is 25.3 Å². The van der Waals surface area contributed by atoms with E-state index in [0.29, 0.717) is 11.3 Å². The predicted octanol–water partition coefficient (Wildman–Crippen LogP) is 3.48. The third kappa shape index (κ3) is 5.73. The van der Waals surface area contributed by atoms with Crippen molar-refractivity contribution in [3.8, 4) is 0 Å². The third-order valence-corrected chi connectivity index (χ3v) is 5.55. The summed E-state index contributed by atoms with van der Waals surface area (Å²) in [5.74, 6) is 0.595. The fourth-order valence-electron chi connectivity index (χ4n) is 3.37. The van der Waals surface area contributed by atoms with Crippen molar-refractivity contribution in [2.24, 2.45) is 5.92 Å². The fourth-order valence-corrected chi connectivity index (χ4v) is 3.97. The van der Waals surface area contributed by atoms with E-state index in [9.17, 15) is 13.2 Å². The molecule has 2 aromatic rings. The maximum absolute atomic E-state index is 12.4. The lowest BCUT2D eigenvalue weighted by molar-refractivity contribution is -0.115. The van der Waals surface area contributed by atoms with Crippen LogP contribution in [0.15, 0.2) is 48.5 Å². The van der Waals surface area contributed by atoms with Crippen molar-refractivity contribution in [1.29, 1.82) is 0 Å². The summed E-state index contributed by atoms with van der Waals surface area (Å²) in [6, 6.07) is 14.8. The second kappa shape index (κ2) is 8.65. The van der Waals surface area contributed by atoms with Crippen LogP contribution in [0.5, 0.6) is 0 Å². The van der Waals surface area contributed by atoms with Gasteiger partial charge in [-0.1, -0.05) is 25.1 Å². The second-order valence-corrected chi connectivity index (χ2v) is 9.22. The van der Waals surface area contributed by atoms with Crippen LogP contribution in [0, 0.1) is 5.92 Å². The number of hydrogen-bond donors (Lipinski definition) is 2. The topological polar surface area (TPSA) is 78.5 Å². The molecule has 0 atom stereocenters. The first-order chi connectivity index (χ1) is 13.3. The molecule has 0 radical (unpaired) electrons. The van der Waals surface area contributed by atoms with Gasteiger partial charge in [-0.05, 0) is 54.7 Å². The van der Waals surface area contributed by atoms with Crippen molar-refractivity contribution in [2.75, 3.05) is 34.3 Å². The average Bonchev–Trinajstić information content (AvgIpc) is 2.63. The number of para-hydroxylation sites is 1. The molecule has 0 aromatic heterocycles. The van der Waals surface area contributed by atoms with Crippen LogP contribution in [0.2, 0.25) is 0 Å². The van der Waals surface area contributed by atoms with Gasteiger partial charge in [0.25, 0.3) is 0 Å². The zero-order chi connectivity index (χ0) is 20.1. The number of rotatable bonds is 6. The van der Waals surface area contributed by atoms with Crippen molar-refractivity contribution in [1.82, 2.24) is 0 Å². The van der Waals surface area contributed by atoms with Crippen LogP contribution in [-0.4, -0.2) is 33.7 Å². The molecule has 1 aliphatic rings. The van der Waals surface area contributed by atoms with Crippen LogP contribution in [0.4, 0.5) is 17.1 Å². The molecule has 150 valence electrons. The van der Waals surface area contributed by atoms with E-state index in [-0.39, 0.29) is 12.3 Å². The standard InChI is InChI=1S/C21H27N3O3S/c1-16-11-13-24(14-12-16)19-9-7-18(8-10-19)22-21(25)15-17-5-3-4-6-20(17)23-28(2,26)27/h3-10,16,23H,11-15H2,1-2H3,(H,22,25). The molecule has 1 fully saturated rings. The molecule has 1 heterocycles. The number of carbonyl (C=O) groups is 1. The highest BCUT2D eigenvalue weighted by Gasteiger charge is 2.16. The summed E-state index contributed by atoms with van der Waals surface area (Å²) in [6.45, 7) is 4.42. The lowest BCUT2D eigenvalue weighted by Crippen LogP contribution is -2.32. The van der Waals surface area contributed by atoms with E-state index in [1.54, 1.807) is 24.3 Å². The monoisotopic (exact) mass is 401 g/mol. The molecule has 0 aliphatic carbocycles. The van der Waals surface area contributed by atoms with Gasteiger partial charge in [0.2, 0.25) is 15.9 Å². The Morgan fingerprint density at radius 1 is 1.07 bits per heavy atom. The molecule has 6 nitrogen and oxygen atoms in total. The molecular weight excluding hydrogens is 374 g/mol. The Balaban J connectivity index is 1.61. The highest BCUT2D eigenvalue weighted by atomic mass is 32.2. The van der Waals surface area contributed by atoms with Crippen molar-refractivity contribution in [2.45, 2.75) is 26.2 Å². The van der Waals surface area contributed by atoms with Crippen molar-refractivity contribution in [3.63, 3.8) is 0 Å². The number of nitrogens with one attached hydrogen (secondary N) is 2. The first-order valence-electron chi connectivity index (χ1n) is 9.51. The first-order valence-corrected chi connectivity index (χ1v) is 11.4. The summed E-state index contributed by atoms with van der Waals surface area (Å²) < 4.78 is 25.4. The molecule has 0 bridgehead atoms. The Hall–Kier alpha value is -2.54. The molecule has 0 saturated carbocycles. The molecule has 2 N–H and O–H groups in total. The minimum Gasteiger partial charge on any atom is -0.372 e. The molecule has 1 amide bonds. The van der Waals surface area contributed by atoms with Gasteiger partial charge >= 0.3 is 0 Å². The average molecular weight is 402 g/mol. The van der Waals surface area contributed by atoms with Crippen LogP contribution in [-0.2, 0) is 21.2 Å². The van der Waals surface area contributed by atoms with Gasteiger partial charge in [0.15, 0.2) is 0 Å². The first kappa shape index (κ1) is 20.2. The molecule has 7 heteroatoms. The molecule has 0 unspecified atom stereocenters. The number of hydrogen-bond acceptors (Lipinski definition) is 4. The molecule has 28 heavy (non-hydrogen) atoms. The van der Waals surface area contributed by atoms with Crippen molar-refractivity contribution >= 4 is 33.0 Å². The van der Waals surface area contributed by atoms with E-state index in [2.05, 4.69) is 21.9 Å². The van der Waals surface area contributed by atoms with Gasteiger partial charge in [-0.25, -0.2) is 8.42 Å². The van der Waals surface area contributed by atoms with Gasteiger partial charge in [-0.15, -0.1) is 0 Å². The minimum absolute atomic E-state index is 0.0878. The fraction of sp³-hybridized carbons (Fsp3) is 0.381. The maximum atomic E-state index is 12.4. The number of piperidine rings is 1. The van der Waals surface area contributed by atoms with Crippen molar-refractivity contribution < 1.29 is 13.2 Å². The number of anilines is 3. The number of nitrogens with zero attached hydrogens (tertiary/aromatic N) is 1. The Morgan fingerprint density at radius 3 is 2.36 bits per heavy atom. The summed E-state index contributed by atoms with van der Waals surface area (Å²) in [7, 11) is -3.40. The van der Waals surface area contributed by atoms with E-state index in [0.717, 1.165) is 31.0 Å². The normalized spacial score (nSPS) is 15.3. The molecule has 2 aromatic carbocycles. The third-order valence-electron chi connectivity index (χ3n) is 4.96. The smallest absolute Gasteiger partial charge is 0.229 e. The molecule has 1 saturated heterocycles. The summed E-state index contributed by atoms with van der Waals surface area (Å²) in [4.78, 5) is 14.8. The number of sulfonamides is 1. The summed E-state index contributed by atoms with van der Waals surface area (Å²) in [6.07, 6.45) is 3.59. The number of amides is 1. The SMILES string of the molecule is CC1CCN(c2ccc(NC(=O)Cc3ccccc3NS(C)(=O)=O)cc2)CC1. The molecular formula is C21H27N3O3S. The van der Waals surface area contributed by atoms with E-state index < -0.39 is 10.0 Å². The number of carbonyl (C=O) groups excluding carboxylic acids is 1. The van der Waals surface area contributed by atoms with Crippen LogP contribution in [0.3, 0.4) is 0 Å². The highest BCUT2D eigenvalue weighted by Crippen LogP contribution is 2.24.